The molecule has 2 heterocycles. The summed E-state index contributed by atoms with van der Waals surface area (Å²) >= 11 is 5.74. The molecule has 0 aliphatic carbocycles. The largest absolute Gasteiger partial charge is 0.311 e. The predicted octanol–water partition coefficient (Wildman–Crippen LogP) is 2.24. The fourth-order valence-electron chi connectivity index (χ4n) is 1.23. The van der Waals surface area contributed by atoms with E-state index >= 15 is 0 Å². The van der Waals surface area contributed by atoms with Gasteiger partial charge >= 0.3 is 0 Å². The van der Waals surface area contributed by atoms with Gasteiger partial charge in [-0.1, -0.05) is 11.6 Å². The molecule has 5 heteroatoms. The summed E-state index contributed by atoms with van der Waals surface area (Å²) in [5.74, 6) is 0.314. The van der Waals surface area contributed by atoms with Gasteiger partial charge in [0.1, 0.15) is 11.0 Å². The number of nitrogens with zero attached hydrogens (tertiary/aromatic N) is 2. The van der Waals surface area contributed by atoms with Crippen molar-refractivity contribution in [2.75, 3.05) is 5.32 Å². The Morgan fingerprint density at radius 2 is 2.00 bits per heavy atom. The van der Waals surface area contributed by atoms with Crippen LogP contribution in [0.1, 0.15) is 6.92 Å². The molecule has 0 atom stereocenters. The molecule has 0 aliphatic rings. The average Bonchev–Trinajstić information content (AvgIpc) is 2.16. The average molecular weight is 222 g/mol. The lowest BCUT2D eigenvalue weighted by atomic mass is 10.3. The van der Waals surface area contributed by atoms with Crippen LogP contribution in [0, 0.1) is 0 Å². The molecule has 0 radical (unpaired) electrons. The highest BCUT2D eigenvalue weighted by atomic mass is 35.5. The maximum absolute atomic E-state index is 10.8. The molecule has 0 saturated carbocycles. The van der Waals surface area contributed by atoms with Gasteiger partial charge in [0.15, 0.2) is 5.65 Å². The fourth-order valence-corrected chi connectivity index (χ4v) is 1.37. The normalized spacial score (nSPS) is 10.3. The maximum Gasteiger partial charge on any atom is 0.222 e. The van der Waals surface area contributed by atoms with Gasteiger partial charge in [0.25, 0.3) is 0 Å². The Balaban J connectivity index is 2.49. The molecule has 2 aromatic heterocycles. The van der Waals surface area contributed by atoms with Crippen LogP contribution in [0.3, 0.4) is 0 Å². The second-order valence-electron chi connectivity index (χ2n) is 3.06. The molecule has 0 unspecified atom stereocenters. The van der Waals surface area contributed by atoms with E-state index < -0.39 is 0 Å². The molecule has 0 saturated heterocycles. The minimum atomic E-state index is -0.163. The SMILES string of the molecule is CC(=O)Nc1ccc2ccc(Cl)nc2n1. The molecule has 0 aliphatic heterocycles. The first kappa shape index (κ1) is 9.86. The number of hydrogen-bond acceptors (Lipinski definition) is 3. The highest BCUT2D eigenvalue weighted by Crippen LogP contribution is 2.15. The molecule has 76 valence electrons. The number of hydrogen-bond donors (Lipinski definition) is 1. The summed E-state index contributed by atoms with van der Waals surface area (Å²) in [6, 6.07) is 7.08. The Morgan fingerprint density at radius 3 is 2.73 bits per heavy atom. The summed E-state index contributed by atoms with van der Waals surface area (Å²) in [4.78, 5) is 19.0. The molecule has 0 fully saturated rings. The monoisotopic (exact) mass is 221 g/mol. The highest BCUT2D eigenvalue weighted by molar-refractivity contribution is 6.29. The number of aromatic nitrogens is 2. The van der Waals surface area contributed by atoms with Crippen molar-refractivity contribution < 1.29 is 4.79 Å². The molecule has 2 aromatic rings. The molecule has 0 spiro atoms. The number of amides is 1. The van der Waals surface area contributed by atoms with Crippen LogP contribution in [0.2, 0.25) is 5.15 Å². The van der Waals surface area contributed by atoms with Gasteiger partial charge in [-0.2, -0.15) is 0 Å². The van der Waals surface area contributed by atoms with Crippen LogP contribution in [0.5, 0.6) is 0 Å². The van der Waals surface area contributed by atoms with E-state index in [2.05, 4.69) is 15.3 Å². The minimum absolute atomic E-state index is 0.163. The number of nitrogens with one attached hydrogen (secondary N) is 1. The van der Waals surface area contributed by atoms with E-state index in [9.17, 15) is 4.79 Å². The first-order valence-electron chi connectivity index (χ1n) is 4.36. The van der Waals surface area contributed by atoms with Crippen molar-refractivity contribution in [3.63, 3.8) is 0 Å². The van der Waals surface area contributed by atoms with Gasteiger partial charge in [-0.3, -0.25) is 4.79 Å². The number of rotatable bonds is 1. The summed E-state index contributed by atoms with van der Waals surface area (Å²) in [7, 11) is 0. The number of carbonyl (C=O) groups is 1. The van der Waals surface area contributed by atoms with Crippen LogP contribution < -0.4 is 5.32 Å². The van der Waals surface area contributed by atoms with Crippen molar-refractivity contribution in [2.24, 2.45) is 0 Å². The molecule has 1 amide bonds. The Hall–Kier alpha value is -1.68. The van der Waals surface area contributed by atoms with Gasteiger partial charge in [0.05, 0.1) is 0 Å². The Labute approximate surface area is 91.3 Å². The third kappa shape index (κ3) is 2.22. The molecular weight excluding hydrogens is 214 g/mol. The highest BCUT2D eigenvalue weighted by Gasteiger charge is 2.01. The van der Waals surface area contributed by atoms with Crippen molar-refractivity contribution in [1.82, 2.24) is 9.97 Å². The van der Waals surface area contributed by atoms with Crippen molar-refractivity contribution in [3.8, 4) is 0 Å². The number of carbonyl (C=O) groups excluding carboxylic acids is 1. The molecule has 15 heavy (non-hydrogen) atoms. The summed E-state index contributed by atoms with van der Waals surface area (Å²) in [6.07, 6.45) is 0. The number of fused-ring (bicyclic) bond motifs is 1. The quantitative estimate of drug-likeness (QED) is 0.752. The van der Waals surface area contributed by atoms with Gasteiger partial charge in [0, 0.05) is 12.3 Å². The lowest BCUT2D eigenvalue weighted by Gasteiger charge is -2.02. The zero-order valence-corrected chi connectivity index (χ0v) is 8.75. The summed E-state index contributed by atoms with van der Waals surface area (Å²) < 4.78 is 0. The molecule has 0 aromatic carbocycles. The topological polar surface area (TPSA) is 54.9 Å². The van der Waals surface area contributed by atoms with E-state index in [4.69, 9.17) is 11.6 Å². The predicted molar refractivity (Wildman–Crippen MR) is 58.9 cm³/mol. The second-order valence-corrected chi connectivity index (χ2v) is 3.45. The maximum atomic E-state index is 10.8. The Bertz CT molecular complexity index is 527. The van der Waals surface area contributed by atoms with E-state index in [0.717, 1.165) is 5.39 Å². The van der Waals surface area contributed by atoms with Crippen LogP contribution in [-0.2, 0) is 4.79 Å². The molecule has 4 nitrogen and oxygen atoms in total. The fraction of sp³-hybridized carbons (Fsp3) is 0.100. The Kier molecular flexibility index (Phi) is 2.51. The zero-order chi connectivity index (χ0) is 10.8. The van der Waals surface area contributed by atoms with Gasteiger partial charge < -0.3 is 5.32 Å². The summed E-state index contributed by atoms with van der Waals surface area (Å²) in [5.41, 5.74) is 0.522. The molecule has 1 N–H and O–H groups in total. The summed E-state index contributed by atoms with van der Waals surface area (Å²) in [6.45, 7) is 1.43. The van der Waals surface area contributed by atoms with Gasteiger partial charge in [-0.05, 0) is 24.3 Å². The van der Waals surface area contributed by atoms with E-state index in [1.165, 1.54) is 6.92 Å². The van der Waals surface area contributed by atoms with E-state index in [-0.39, 0.29) is 5.91 Å². The third-order valence-corrected chi connectivity index (χ3v) is 2.03. The van der Waals surface area contributed by atoms with Crippen LogP contribution in [0.25, 0.3) is 11.0 Å². The van der Waals surface area contributed by atoms with Gasteiger partial charge in [-0.25, -0.2) is 9.97 Å². The number of pyridine rings is 2. The van der Waals surface area contributed by atoms with Gasteiger partial charge in [0.2, 0.25) is 5.91 Å². The molecular formula is C10H8ClN3O. The van der Waals surface area contributed by atoms with Crippen molar-refractivity contribution in [1.29, 1.82) is 0 Å². The van der Waals surface area contributed by atoms with E-state index in [0.29, 0.717) is 16.6 Å². The first-order valence-corrected chi connectivity index (χ1v) is 4.74. The van der Waals surface area contributed by atoms with Crippen LogP contribution in [0.4, 0.5) is 5.82 Å². The van der Waals surface area contributed by atoms with E-state index in [1.54, 1.807) is 12.1 Å². The minimum Gasteiger partial charge on any atom is -0.311 e. The van der Waals surface area contributed by atoms with Gasteiger partial charge in [-0.15, -0.1) is 0 Å². The van der Waals surface area contributed by atoms with Crippen LogP contribution in [-0.4, -0.2) is 15.9 Å². The lowest BCUT2D eigenvalue weighted by molar-refractivity contribution is -0.114. The second kappa shape index (κ2) is 3.82. The van der Waals surface area contributed by atoms with Crippen LogP contribution >= 0.6 is 11.6 Å². The lowest BCUT2D eigenvalue weighted by Crippen LogP contribution is -2.07. The standard InChI is InChI=1S/C10H8ClN3O/c1-6(15)12-9-5-3-7-2-4-8(11)13-10(7)14-9/h2-5H,1H3,(H,12,13,14,15). The van der Waals surface area contributed by atoms with Crippen molar-refractivity contribution in [2.45, 2.75) is 6.92 Å². The third-order valence-electron chi connectivity index (χ3n) is 1.82. The number of anilines is 1. The zero-order valence-electron chi connectivity index (χ0n) is 7.99. The number of halogens is 1. The Morgan fingerprint density at radius 1 is 1.27 bits per heavy atom. The molecule has 0 bridgehead atoms. The first-order chi connectivity index (χ1) is 7.15. The van der Waals surface area contributed by atoms with E-state index in [1.807, 2.05) is 12.1 Å². The molecule has 2 rings (SSSR count). The van der Waals surface area contributed by atoms with Crippen molar-refractivity contribution in [3.05, 3.63) is 29.4 Å². The smallest absolute Gasteiger partial charge is 0.222 e. The van der Waals surface area contributed by atoms with Crippen molar-refractivity contribution >= 4 is 34.4 Å². The summed E-state index contributed by atoms with van der Waals surface area (Å²) in [5, 5.41) is 3.85. The van der Waals surface area contributed by atoms with Crippen LogP contribution in [0.15, 0.2) is 24.3 Å².